The minimum Gasteiger partial charge on any atom is -0.385 e. The molecule has 0 spiro atoms. The van der Waals surface area contributed by atoms with Gasteiger partial charge in [0.15, 0.2) is 0 Å². The summed E-state index contributed by atoms with van der Waals surface area (Å²) in [6, 6.07) is 0.226. The average molecular weight is 188 g/mol. The lowest BCUT2D eigenvalue weighted by atomic mass is 10.1. The van der Waals surface area contributed by atoms with Crippen LogP contribution in [-0.4, -0.2) is 32.8 Å². The predicted molar refractivity (Wildman–Crippen MR) is 56.8 cm³/mol. The van der Waals surface area contributed by atoms with Crippen LogP contribution in [0.3, 0.4) is 0 Å². The summed E-state index contributed by atoms with van der Waals surface area (Å²) in [6.45, 7) is 7.17. The monoisotopic (exact) mass is 188 g/mol. The van der Waals surface area contributed by atoms with Crippen molar-refractivity contribution in [2.45, 2.75) is 32.7 Å². The van der Waals surface area contributed by atoms with E-state index in [1.54, 1.807) is 7.11 Å². The predicted octanol–water partition coefficient (Wildman–Crippen LogP) is 0.986. The van der Waals surface area contributed by atoms with Crippen LogP contribution in [0.2, 0.25) is 0 Å². The van der Waals surface area contributed by atoms with Crippen LogP contribution in [0.15, 0.2) is 0 Å². The van der Waals surface area contributed by atoms with Gasteiger partial charge in [-0.25, -0.2) is 0 Å². The Kier molecular flexibility index (Phi) is 8.40. The molecule has 13 heavy (non-hydrogen) atoms. The van der Waals surface area contributed by atoms with E-state index < -0.39 is 0 Å². The van der Waals surface area contributed by atoms with Gasteiger partial charge in [-0.05, 0) is 18.9 Å². The quantitative estimate of drug-likeness (QED) is 0.597. The zero-order valence-corrected chi connectivity index (χ0v) is 9.18. The number of nitrogens with two attached hydrogens (primary N) is 1. The van der Waals surface area contributed by atoms with Crippen LogP contribution in [0.4, 0.5) is 0 Å². The summed E-state index contributed by atoms with van der Waals surface area (Å²) < 4.78 is 4.95. The zero-order chi connectivity index (χ0) is 10.1. The summed E-state index contributed by atoms with van der Waals surface area (Å²) in [7, 11) is 1.71. The molecule has 0 heterocycles. The molecule has 80 valence electrons. The minimum absolute atomic E-state index is 0.226. The topological polar surface area (TPSA) is 47.3 Å². The summed E-state index contributed by atoms with van der Waals surface area (Å²) in [6.07, 6.45) is 2.16. The van der Waals surface area contributed by atoms with Crippen LogP contribution >= 0.6 is 0 Å². The van der Waals surface area contributed by atoms with Gasteiger partial charge >= 0.3 is 0 Å². The fourth-order valence-corrected chi connectivity index (χ4v) is 1.03. The molecule has 0 rings (SSSR count). The highest BCUT2D eigenvalue weighted by Crippen LogP contribution is 1.97. The Labute approximate surface area is 82.0 Å². The smallest absolute Gasteiger partial charge is 0.0477 e. The number of hydrogen-bond acceptors (Lipinski definition) is 3. The Morgan fingerprint density at radius 3 is 2.62 bits per heavy atom. The molecule has 0 fully saturated rings. The van der Waals surface area contributed by atoms with Crippen LogP contribution in [0.25, 0.3) is 0 Å². The first kappa shape index (κ1) is 12.9. The lowest BCUT2D eigenvalue weighted by Gasteiger charge is -2.14. The molecule has 3 heteroatoms. The van der Waals surface area contributed by atoms with Gasteiger partial charge in [0.05, 0.1) is 0 Å². The molecule has 0 aliphatic heterocycles. The molecule has 0 saturated carbocycles. The van der Waals surface area contributed by atoms with Crippen molar-refractivity contribution in [3.63, 3.8) is 0 Å². The summed E-state index contributed by atoms with van der Waals surface area (Å²) in [5.41, 5.74) is 5.84. The van der Waals surface area contributed by atoms with Crippen LogP contribution in [0.5, 0.6) is 0 Å². The Morgan fingerprint density at radius 1 is 1.38 bits per heavy atom. The van der Waals surface area contributed by atoms with Crippen molar-refractivity contribution < 1.29 is 4.74 Å². The first-order chi connectivity index (χ1) is 6.20. The Balaban J connectivity index is 3.21. The standard InChI is InChI=1S/C10H24N2O/c1-4-9(2)7-12-8-10(11)5-6-13-3/h9-10,12H,4-8,11H2,1-3H3. The van der Waals surface area contributed by atoms with Crippen molar-refractivity contribution in [2.75, 3.05) is 26.8 Å². The van der Waals surface area contributed by atoms with Crippen LogP contribution < -0.4 is 11.1 Å². The van der Waals surface area contributed by atoms with Crippen molar-refractivity contribution >= 4 is 0 Å². The van der Waals surface area contributed by atoms with Crippen LogP contribution in [0.1, 0.15) is 26.7 Å². The van der Waals surface area contributed by atoms with Gasteiger partial charge in [-0.2, -0.15) is 0 Å². The number of hydrogen-bond donors (Lipinski definition) is 2. The van der Waals surface area contributed by atoms with E-state index >= 15 is 0 Å². The van der Waals surface area contributed by atoms with Gasteiger partial charge in [-0.15, -0.1) is 0 Å². The van der Waals surface area contributed by atoms with Gasteiger partial charge < -0.3 is 15.8 Å². The molecule has 0 aromatic heterocycles. The van der Waals surface area contributed by atoms with E-state index in [9.17, 15) is 0 Å². The molecule has 0 aromatic rings. The van der Waals surface area contributed by atoms with Crippen LogP contribution in [-0.2, 0) is 4.74 Å². The third-order valence-corrected chi connectivity index (χ3v) is 2.29. The summed E-state index contributed by atoms with van der Waals surface area (Å²) in [5, 5.41) is 3.36. The van der Waals surface area contributed by atoms with E-state index in [0.717, 1.165) is 32.0 Å². The molecule has 0 bridgehead atoms. The summed E-state index contributed by atoms with van der Waals surface area (Å²) in [5.74, 6) is 0.745. The molecule has 3 N–H and O–H groups in total. The minimum atomic E-state index is 0.226. The number of methoxy groups -OCH3 is 1. The van der Waals surface area contributed by atoms with E-state index in [4.69, 9.17) is 10.5 Å². The molecule has 0 amide bonds. The summed E-state index contributed by atoms with van der Waals surface area (Å²) in [4.78, 5) is 0. The molecule has 0 aliphatic carbocycles. The average Bonchev–Trinajstić information content (AvgIpc) is 2.14. The largest absolute Gasteiger partial charge is 0.385 e. The number of rotatable bonds is 8. The molecular formula is C10H24N2O. The van der Waals surface area contributed by atoms with E-state index in [0.29, 0.717) is 0 Å². The second kappa shape index (κ2) is 8.48. The number of nitrogens with one attached hydrogen (secondary N) is 1. The van der Waals surface area contributed by atoms with Crippen molar-refractivity contribution in [2.24, 2.45) is 11.7 Å². The second-order valence-corrected chi connectivity index (χ2v) is 3.71. The van der Waals surface area contributed by atoms with E-state index in [1.807, 2.05) is 0 Å². The van der Waals surface area contributed by atoms with Gasteiger partial charge in [-0.3, -0.25) is 0 Å². The van der Waals surface area contributed by atoms with Crippen molar-refractivity contribution in [3.8, 4) is 0 Å². The zero-order valence-electron chi connectivity index (χ0n) is 9.18. The SMILES string of the molecule is CCC(C)CNCC(N)CCOC. The Morgan fingerprint density at radius 2 is 2.08 bits per heavy atom. The van der Waals surface area contributed by atoms with E-state index in [2.05, 4.69) is 19.2 Å². The van der Waals surface area contributed by atoms with Gasteiger partial charge in [0.25, 0.3) is 0 Å². The lowest BCUT2D eigenvalue weighted by molar-refractivity contribution is 0.187. The molecule has 2 unspecified atom stereocenters. The molecule has 2 atom stereocenters. The maximum atomic E-state index is 5.84. The van der Waals surface area contributed by atoms with E-state index in [1.165, 1.54) is 6.42 Å². The van der Waals surface area contributed by atoms with Crippen molar-refractivity contribution in [1.82, 2.24) is 5.32 Å². The second-order valence-electron chi connectivity index (χ2n) is 3.71. The van der Waals surface area contributed by atoms with E-state index in [-0.39, 0.29) is 6.04 Å². The molecule has 0 aromatic carbocycles. The Bertz CT molecular complexity index is 109. The maximum absolute atomic E-state index is 5.84. The van der Waals surface area contributed by atoms with Crippen LogP contribution in [0, 0.1) is 5.92 Å². The Hall–Kier alpha value is -0.120. The fourth-order valence-electron chi connectivity index (χ4n) is 1.03. The molecule has 3 nitrogen and oxygen atoms in total. The first-order valence-corrected chi connectivity index (χ1v) is 5.15. The fraction of sp³-hybridized carbons (Fsp3) is 1.00. The van der Waals surface area contributed by atoms with Gasteiger partial charge in [0, 0.05) is 26.3 Å². The van der Waals surface area contributed by atoms with Gasteiger partial charge in [0.1, 0.15) is 0 Å². The van der Waals surface area contributed by atoms with Gasteiger partial charge in [-0.1, -0.05) is 20.3 Å². The highest BCUT2D eigenvalue weighted by Gasteiger charge is 2.02. The normalized spacial score (nSPS) is 15.7. The highest BCUT2D eigenvalue weighted by molar-refractivity contribution is 4.65. The third-order valence-electron chi connectivity index (χ3n) is 2.29. The maximum Gasteiger partial charge on any atom is 0.0477 e. The molecule has 0 aliphatic rings. The lowest BCUT2D eigenvalue weighted by Crippen LogP contribution is -2.36. The van der Waals surface area contributed by atoms with Crippen molar-refractivity contribution in [3.05, 3.63) is 0 Å². The molecular weight excluding hydrogens is 164 g/mol. The number of ether oxygens (including phenoxy) is 1. The highest BCUT2D eigenvalue weighted by atomic mass is 16.5. The first-order valence-electron chi connectivity index (χ1n) is 5.15. The summed E-state index contributed by atoms with van der Waals surface area (Å²) >= 11 is 0. The molecule has 0 radical (unpaired) electrons. The van der Waals surface area contributed by atoms with Gasteiger partial charge in [0.2, 0.25) is 0 Å². The third kappa shape index (κ3) is 8.22. The molecule has 0 saturated heterocycles. The van der Waals surface area contributed by atoms with Crippen molar-refractivity contribution in [1.29, 1.82) is 0 Å².